The van der Waals surface area contributed by atoms with Crippen molar-refractivity contribution in [3.8, 4) is 0 Å². The number of ketones is 1. The number of rotatable bonds is 11. The van der Waals surface area contributed by atoms with Gasteiger partial charge in [-0.15, -0.1) is 0 Å². The molecule has 0 aliphatic carbocycles. The normalized spacial score (nSPS) is 12.1. The van der Waals surface area contributed by atoms with E-state index in [-0.39, 0.29) is 21.2 Å². The van der Waals surface area contributed by atoms with Crippen molar-refractivity contribution in [3.63, 3.8) is 0 Å². The number of aromatic amines is 1. The van der Waals surface area contributed by atoms with Crippen LogP contribution >= 0.6 is 23.2 Å². The topological polar surface area (TPSA) is 106 Å². The number of aliphatic hydroxyl groups excluding tert-OH is 1. The number of nitrogens with zero attached hydrogens (tertiary/aromatic N) is 3. The molecule has 33 heavy (non-hydrogen) atoms. The first-order valence-corrected chi connectivity index (χ1v) is 11.2. The van der Waals surface area contributed by atoms with Crippen molar-refractivity contribution in [3.05, 3.63) is 69.5 Å². The van der Waals surface area contributed by atoms with Crippen LogP contribution in [-0.4, -0.2) is 56.9 Å². The summed E-state index contributed by atoms with van der Waals surface area (Å²) in [7, 11) is 0. The van der Waals surface area contributed by atoms with Crippen molar-refractivity contribution in [2.45, 2.75) is 20.1 Å². The fraction of sp³-hybridized carbons (Fsp3) is 0.318. The van der Waals surface area contributed by atoms with E-state index in [2.05, 4.69) is 44.3 Å². The number of H-pyrrole nitrogens is 1. The SMILES string of the molecule is CCN(CC)CCNc1ncc(NC(O)c2cc(C(=O)c3c(Cl)ccc(Cl)c3F)c[nH]2)cn1. The molecule has 0 aliphatic rings. The van der Waals surface area contributed by atoms with E-state index in [0.29, 0.717) is 23.9 Å². The molecule has 0 aliphatic heterocycles. The highest BCUT2D eigenvalue weighted by Crippen LogP contribution is 2.28. The Morgan fingerprint density at radius 2 is 1.88 bits per heavy atom. The van der Waals surface area contributed by atoms with Crippen LogP contribution in [-0.2, 0) is 0 Å². The Hall–Kier alpha value is -2.72. The molecule has 0 fully saturated rings. The van der Waals surface area contributed by atoms with Gasteiger partial charge in [0.1, 0.15) is 0 Å². The van der Waals surface area contributed by atoms with Crippen LogP contribution < -0.4 is 10.6 Å². The molecule has 1 aromatic carbocycles. The molecule has 0 saturated heterocycles. The Morgan fingerprint density at radius 1 is 1.21 bits per heavy atom. The minimum atomic E-state index is -1.18. The molecule has 2 aromatic heterocycles. The minimum Gasteiger partial charge on any atom is -0.368 e. The smallest absolute Gasteiger partial charge is 0.222 e. The summed E-state index contributed by atoms with van der Waals surface area (Å²) >= 11 is 11.8. The van der Waals surface area contributed by atoms with E-state index in [1.165, 1.54) is 36.8 Å². The van der Waals surface area contributed by atoms with E-state index in [4.69, 9.17) is 23.2 Å². The lowest BCUT2D eigenvalue weighted by atomic mass is 10.0. The van der Waals surface area contributed by atoms with Crippen LogP contribution in [0.25, 0.3) is 0 Å². The lowest BCUT2D eigenvalue weighted by Crippen LogP contribution is -2.28. The maximum atomic E-state index is 14.3. The van der Waals surface area contributed by atoms with Crippen molar-refractivity contribution < 1.29 is 14.3 Å². The summed E-state index contributed by atoms with van der Waals surface area (Å²) in [5, 5.41) is 16.2. The van der Waals surface area contributed by atoms with Gasteiger partial charge < -0.3 is 25.6 Å². The van der Waals surface area contributed by atoms with Gasteiger partial charge in [-0.1, -0.05) is 37.0 Å². The van der Waals surface area contributed by atoms with Gasteiger partial charge in [-0.2, -0.15) is 0 Å². The third-order valence-corrected chi connectivity index (χ3v) is 5.70. The predicted molar refractivity (Wildman–Crippen MR) is 128 cm³/mol. The highest BCUT2D eigenvalue weighted by atomic mass is 35.5. The molecule has 0 saturated carbocycles. The van der Waals surface area contributed by atoms with E-state index in [0.717, 1.165) is 19.6 Å². The van der Waals surface area contributed by atoms with Crippen LogP contribution in [0.2, 0.25) is 10.0 Å². The van der Waals surface area contributed by atoms with Crippen LogP contribution in [0.15, 0.2) is 36.8 Å². The molecule has 0 spiro atoms. The first kappa shape index (κ1) is 24.9. The third-order valence-electron chi connectivity index (χ3n) is 5.09. The zero-order valence-electron chi connectivity index (χ0n) is 18.2. The number of benzene rings is 1. The summed E-state index contributed by atoms with van der Waals surface area (Å²) in [5.74, 6) is -1.06. The number of likely N-dealkylation sites (N-methyl/N-ethyl adjacent to an activating group) is 1. The molecule has 3 aromatic rings. The first-order chi connectivity index (χ1) is 15.8. The van der Waals surface area contributed by atoms with Crippen LogP contribution in [0.5, 0.6) is 0 Å². The number of aliphatic hydroxyl groups is 1. The maximum Gasteiger partial charge on any atom is 0.222 e. The summed E-state index contributed by atoms with van der Waals surface area (Å²) in [6.07, 6.45) is 3.24. The standard InChI is InChI=1S/C22H25Cl2FN6O2/c1-3-31(4-2)8-7-26-22-28-11-14(12-29-22)30-21(33)17-9-13(10-27-17)20(32)18-15(23)5-6-16(24)19(18)25/h5-6,9-12,21,27,30,33H,3-4,7-8H2,1-2H3,(H,26,28,29). The van der Waals surface area contributed by atoms with Crippen molar-refractivity contribution in [1.82, 2.24) is 19.9 Å². The third kappa shape index (κ3) is 6.20. The lowest BCUT2D eigenvalue weighted by Gasteiger charge is -2.18. The van der Waals surface area contributed by atoms with Gasteiger partial charge >= 0.3 is 0 Å². The first-order valence-electron chi connectivity index (χ1n) is 10.4. The number of nitrogens with one attached hydrogen (secondary N) is 3. The van der Waals surface area contributed by atoms with Crippen LogP contribution in [0.3, 0.4) is 0 Å². The number of carbonyl (C=O) groups excluding carboxylic acids is 1. The molecule has 1 unspecified atom stereocenters. The summed E-state index contributed by atoms with van der Waals surface area (Å²) in [6, 6.07) is 4.03. The number of halogens is 3. The summed E-state index contributed by atoms with van der Waals surface area (Å²) in [5.41, 5.74) is 0.564. The van der Waals surface area contributed by atoms with E-state index in [1.54, 1.807) is 0 Å². The van der Waals surface area contributed by atoms with E-state index < -0.39 is 17.8 Å². The van der Waals surface area contributed by atoms with Gasteiger partial charge in [0.05, 0.1) is 39.4 Å². The Kier molecular flexibility index (Phi) is 8.62. The minimum absolute atomic E-state index is 0.0498. The van der Waals surface area contributed by atoms with Crippen molar-refractivity contribution in [1.29, 1.82) is 0 Å². The summed E-state index contributed by atoms with van der Waals surface area (Å²) < 4.78 is 14.3. The van der Waals surface area contributed by atoms with Crippen molar-refractivity contribution in [2.75, 3.05) is 36.8 Å². The molecule has 3 rings (SSSR count). The Balaban J connectivity index is 1.61. The van der Waals surface area contributed by atoms with Crippen LogP contribution in [0.4, 0.5) is 16.0 Å². The van der Waals surface area contributed by atoms with Crippen LogP contribution in [0.1, 0.15) is 41.7 Å². The highest BCUT2D eigenvalue weighted by Gasteiger charge is 2.22. The van der Waals surface area contributed by atoms with Gasteiger partial charge in [0, 0.05) is 24.8 Å². The molecule has 0 amide bonds. The molecule has 8 nitrogen and oxygen atoms in total. The van der Waals surface area contributed by atoms with E-state index in [9.17, 15) is 14.3 Å². The second kappa shape index (κ2) is 11.4. The summed E-state index contributed by atoms with van der Waals surface area (Å²) in [4.78, 5) is 26.2. The monoisotopic (exact) mass is 494 g/mol. The number of carbonyl (C=O) groups is 1. The Morgan fingerprint density at radius 3 is 2.55 bits per heavy atom. The highest BCUT2D eigenvalue weighted by molar-refractivity contribution is 6.37. The molecular weight excluding hydrogens is 470 g/mol. The zero-order valence-corrected chi connectivity index (χ0v) is 19.7. The molecule has 0 bridgehead atoms. The fourth-order valence-electron chi connectivity index (χ4n) is 3.18. The average molecular weight is 495 g/mol. The Bertz CT molecular complexity index is 1090. The lowest BCUT2D eigenvalue weighted by molar-refractivity contribution is 0.103. The number of hydrogen-bond donors (Lipinski definition) is 4. The molecule has 1 atom stereocenters. The van der Waals surface area contributed by atoms with E-state index >= 15 is 0 Å². The van der Waals surface area contributed by atoms with Gasteiger partial charge in [-0.3, -0.25) is 4.79 Å². The van der Waals surface area contributed by atoms with Crippen molar-refractivity contribution >= 4 is 40.6 Å². The second-order valence-corrected chi connectivity index (χ2v) is 8.00. The quantitative estimate of drug-likeness (QED) is 0.178. The molecule has 0 radical (unpaired) electrons. The van der Waals surface area contributed by atoms with Gasteiger partial charge in [0.15, 0.2) is 17.8 Å². The molecular formula is C22H25Cl2FN6O2. The second-order valence-electron chi connectivity index (χ2n) is 7.19. The molecule has 2 heterocycles. The van der Waals surface area contributed by atoms with Gasteiger partial charge in [0.2, 0.25) is 5.95 Å². The van der Waals surface area contributed by atoms with Gasteiger partial charge in [-0.05, 0) is 31.3 Å². The number of aromatic nitrogens is 3. The molecule has 11 heteroatoms. The van der Waals surface area contributed by atoms with Crippen LogP contribution in [0, 0.1) is 5.82 Å². The van der Waals surface area contributed by atoms with E-state index in [1.807, 2.05) is 0 Å². The molecule has 176 valence electrons. The van der Waals surface area contributed by atoms with Gasteiger partial charge in [-0.25, -0.2) is 14.4 Å². The number of hydrogen-bond acceptors (Lipinski definition) is 7. The predicted octanol–water partition coefficient (Wildman–Crippen LogP) is 4.34. The fourth-order valence-corrected chi connectivity index (χ4v) is 3.56. The summed E-state index contributed by atoms with van der Waals surface area (Å²) in [6.45, 7) is 7.78. The average Bonchev–Trinajstić information content (AvgIpc) is 3.31. The zero-order chi connectivity index (χ0) is 24.0. The largest absolute Gasteiger partial charge is 0.368 e. The Labute approximate surface area is 201 Å². The van der Waals surface area contributed by atoms with Gasteiger partial charge in [0.25, 0.3) is 0 Å². The molecule has 4 N–H and O–H groups in total. The van der Waals surface area contributed by atoms with Crippen molar-refractivity contribution in [2.24, 2.45) is 0 Å². The maximum absolute atomic E-state index is 14.3. The number of anilines is 2.